The molecule has 218 valence electrons. The van der Waals surface area contributed by atoms with Crippen LogP contribution >= 0.6 is 22.7 Å². The minimum atomic E-state index is -0.850. The van der Waals surface area contributed by atoms with Crippen molar-refractivity contribution in [1.82, 2.24) is 9.97 Å². The number of thiazole rings is 2. The van der Waals surface area contributed by atoms with Crippen molar-refractivity contribution in [3.05, 3.63) is 91.9 Å². The van der Waals surface area contributed by atoms with Gasteiger partial charge >= 0.3 is 11.9 Å². The molecule has 2 heterocycles. The maximum Gasteiger partial charge on any atom is 0.312 e. The monoisotopic (exact) mass is 600 g/mol. The molecule has 2 N–H and O–H groups in total. The minimum Gasteiger partial charge on any atom is -0.481 e. The molecule has 0 aliphatic heterocycles. The summed E-state index contributed by atoms with van der Waals surface area (Å²) in [5.41, 5.74) is 9.10. The van der Waals surface area contributed by atoms with Gasteiger partial charge in [0.1, 0.15) is 0 Å². The summed E-state index contributed by atoms with van der Waals surface area (Å²) in [4.78, 5) is 34.1. The van der Waals surface area contributed by atoms with Gasteiger partial charge < -0.3 is 10.2 Å². The number of benzene rings is 2. The Hall–Kier alpha value is -3.36. The lowest BCUT2D eigenvalue weighted by Crippen LogP contribution is -2.21. The van der Waals surface area contributed by atoms with Crippen molar-refractivity contribution < 1.29 is 19.8 Å². The van der Waals surface area contributed by atoms with E-state index in [-0.39, 0.29) is 0 Å². The molecule has 4 aromatic rings. The first-order chi connectivity index (χ1) is 20.2. The normalized spacial score (nSPS) is 19.5. The zero-order valence-corrected chi connectivity index (χ0v) is 25.6. The second-order valence-electron chi connectivity index (χ2n) is 12.2. The van der Waals surface area contributed by atoms with Crippen LogP contribution in [0.4, 0.5) is 0 Å². The highest BCUT2D eigenvalue weighted by Gasteiger charge is 2.31. The van der Waals surface area contributed by atoms with E-state index in [1.54, 1.807) is 0 Å². The molecular formula is C34H36N2O4S2. The number of nitrogens with zero attached hydrogens (tertiary/aromatic N) is 2. The fourth-order valence-electron chi connectivity index (χ4n) is 6.77. The van der Waals surface area contributed by atoms with Gasteiger partial charge in [-0.15, -0.1) is 22.7 Å². The van der Waals surface area contributed by atoms with Crippen molar-refractivity contribution in [3.63, 3.8) is 0 Å². The molecule has 0 saturated heterocycles. The van der Waals surface area contributed by atoms with Crippen molar-refractivity contribution in [2.75, 3.05) is 0 Å². The molecule has 2 aromatic heterocycles. The highest BCUT2D eigenvalue weighted by atomic mass is 32.1. The van der Waals surface area contributed by atoms with E-state index in [4.69, 9.17) is 9.97 Å². The summed E-state index contributed by atoms with van der Waals surface area (Å²) in [7, 11) is 0. The number of fused-ring (bicyclic) bond motifs is 2. The number of aromatic nitrogens is 2. The Morgan fingerprint density at radius 3 is 1.57 bits per heavy atom. The van der Waals surface area contributed by atoms with Gasteiger partial charge in [0.15, 0.2) is 10.0 Å². The second kappa shape index (κ2) is 12.1. The van der Waals surface area contributed by atoms with E-state index >= 15 is 0 Å². The van der Waals surface area contributed by atoms with Crippen LogP contribution < -0.4 is 0 Å². The average molecular weight is 601 g/mol. The van der Waals surface area contributed by atoms with Gasteiger partial charge in [-0.3, -0.25) is 9.59 Å². The van der Waals surface area contributed by atoms with Gasteiger partial charge in [-0.25, -0.2) is 9.97 Å². The first-order valence-corrected chi connectivity index (χ1v) is 16.5. The van der Waals surface area contributed by atoms with Gasteiger partial charge in [0.25, 0.3) is 0 Å². The van der Waals surface area contributed by atoms with Crippen LogP contribution in [0.25, 0.3) is 10.0 Å². The summed E-state index contributed by atoms with van der Waals surface area (Å²) < 4.78 is 0. The van der Waals surface area contributed by atoms with E-state index in [1.165, 1.54) is 56.1 Å². The SMILES string of the molecule is Cc1ccc2c(c1)CCC(CC(C(=O)O)c1csc(-c3nc(C(CC4CCc5cc(C)ccc5C4)C(=O)O)cs3)n1)C2. The van der Waals surface area contributed by atoms with E-state index in [0.717, 1.165) is 38.5 Å². The Labute approximate surface area is 254 Å². The maximum absolute atomic E-state index is 12.3. The van der Waals surface area contributed by atoms with Crippen LogP contribution in [0.3, 0.4) is 0 Å². The van der Waals surface area contributed by atoms with Gasteiger partial charge in [0.05, 0.1) is 23.2 Å². The predicted molar refractivity (Wildman–Crippen MR) is 167 cm³/mol. The molecule has 42 heavy (non-hydrogen) atoms. The van der Waals surface area contributed by atoms with E-state index in [1.807, 2.05) is 10.8 Å². The molecule has 4 atom stereocenters. The Balaban J connectivity index is 1.14. The summed E-state index contributed by atoms with van der Waals surface area (Å²) in [6.07, 6.45) is 6.84. The van der Waals surface area contributed by atoms with Crippen LogP contribution in [-0.2, 0) is 35.3 Å². The van der Waals surface area contributed by atoms with E-state index < -0.39 is 23.8 Å². The molecular weight excluding hydrogens is 565 g/mol. The lowest BCUT2D eigenvalue weighted by Gasteiger charge is -2.26. The van der Waals surface area contributed by atoms with Crippen LogP contribution in [-0.4, -0.2) is 32.1 Å². The maximum atomic E-state index is 12.3. The highest BCUT2D eigenvalue weighted by molar-refractivity contribution is 7.19. The van der Waals surface area contributed by atoms with Crippen LogP contribution in [0, 0.1) is 25.7 Å². The van der Waals surface area contributed by atoms with Crippen LogP contribution in [0.5, 0.6) is 0 Å². The Kier molecular flexibility index (Phi) is 8.28. The third-order valence-electron chi connectivity index (χ3n) is 9.06. The molecule has 0 saturated carbocycles. The largest absolute Gasteiger partial charge is 0.481 e. The van der Waals surface area contributed by atoms with Crippen molar-refractivity contribution in [2.45, 2.75) is 77.0 Å². The summed E-state index contributed by atoms with van der Waals surface area (Å²) >= 11 is 2.78. The molecule has 2 aliphatic rings. The van der Waals surface area contributed by atoms with E-state index in [2.05, 4.69) is 50.2 Å². The van der Waals surface area contributed by atoms with Crippen LogP contribution in [0.1, 0.15) is 82.3 Å². The summed E-state index contributed by atoms with van der Waals surface area (Å²) in [6, 6.07) is 13.1. The molecule has 8 heteroatoms. The van der Waals surface area contributed by atoms with Crippen molar-refractivity contribution in [1.29, 1.82) is 0 Å². The first-order valence-electron chi connectivity index (χ1n) is 14.8. The zero-order chi connectivity index (χ0) is 29.4. The minimum absolute atomic E-state index is 0.296. The topological polar surface area (TPSA) is 100 Å². The van der Waals surface area contributed by atoms with Gasteiger partial charge in [-0.05, 0) is 99.3 Å². The summed E-state index contributed by atoms with van der Waals surface area (Å²) in [5.74, 6) is -2.45. The third kappa shape index (κ3) is 6.20. The molecule has 0 bridgehead atoms. The van der Waals surface area contributed by atoms with Gasteiger partial charge in [-0.2, -0.15) is 0 Å². The number of carboxylic acid groups (broad SMARTS) is 2. The molecule has 2 aromatic carbocycles. The smallest absolute Gasteiger partial charge is 0.312 e. The third-order valence-corrected chi connectivity index (χ3v) is 10.9. The average Bonchev–Trinajstić information content (AvgIpc) is 3.64. The molecule has 0 radical (unpaired) electrons. The fourth-order valence-corrected chi connectivity index (χ4v) is 8.57. The van der Waals surface area contributed by atoms with E-state index in [9.17, 15) is 19.8 Å². The molecule has 0 spiro atoms. The van der Waals surface area contributed by atoms with Gasteiger partial charge in [0, 0.05) is 10.8 Å². The molecule has 6 rings (SSSR count). The molecule has 0 amide bonds. The number of aliphatic carboxylic acids is 2. The van der Waals surface area contributed by atoms with Crippen LogP contribution in [0.2, 0.25) is 0 Å². The number of carboxylic acids is 2. The summed E-state index contributed by atoms with van der Waals surface area (Å²) in [6.45, 7) is 4.22. The van der Waals surface area contributed by atoms with Crippen molar-refractivity contribution in [3.8, 4) is 10.0 Å². The lowest BCUT2D eigenvalue weighted by molar-refractivity contribution is -0.140. The molecule has 6 nitrogen and oxygen atoms in total. The number of rotatable bonds is 9. The van der Waals surface area contributed by atoms with Crippen molar-refractivity contribution in [2.24, 2.45) is 11.8 Å². The predicted octanol–water partition coefficient (Wildman–Crippen LogP) is 7.61. The molecule has 4 unspecified atom stereocenters. The van der Waals surface area contributed by atoms with Gasteiger partial charge in [-0.1, -0.05) is 47.5 Å². The lowest BCUT2D eigenvalue weighted by atomic mass is 9.78. The van der Waals surface area contributed by atoms with Gasteiger partial charge in [0.2, 0.25) is 0 Å². The number of carbonyl (C=O) groups is 2. The zero-order valence-electron chi connectivity index (χ0n) is 24.0. The fraction of sp³-hybridized carbons (Fsp3) is 0.412. The number of aryl methyl sites for hydroxylation is 4. The Morgan fingerprint density at radius 1 is 0.738 bits per heavy atom. The molecule has 2 aliphatic carbocycles. The Bertz CT molecular complexity index is 1500. The quantitative estimate of drug-likeness (QED) is 0.205. The number of hydrogen-bond donors (Lipinski definition) is 2. The summed E-state index contributed by atoms with van der Waals surface area (Å²) in [5, 5.41) is 25.2. The first kappa shape index (κ1) is 28.7. The van der Waals surface area contributed by atoms with Crippen LogP contribution in [0.15, 0.2) is 47.2 Å². The second-order valence-corrected chi connectivity index (χ2v) is 13.9. The highest BCUT2D eigenvalue weighted by Crippen LogP contribution is 2.38. The molecule has 0 fully saturated rings. The number of hydrogen-bond acceptors (Lipinski definition) is 6. The van der Waals surface area contributed by atoms with Crippen molar-refractivity contribution >= 4 is 34.6 Å². The standard InChI is InChI=1S/C34H36N2O4S2/c1-19-3-7-25-13-21(5-9-23(25)11-19)15-27(33(37)38)29-17-41-31(35-29)32-36-30(18-42-32)28(34(39)40)16-22-6-10-24-12-20(2)4-8-26(24)14-22/h3-4,7-8,11-12,17-18,21-22,27-28H,5-6,9-10,13-16H2,1-2H3,(H,37,38)(H,39,40). The Morgan fingerprint density at radius 2 is 1.17 bits per heavy atom. The van der Waals surface area contributed by atoms with E-state index in [0.29, 0.717) is 46.1 Å².